The molecule has 0 radical (unpaired) electrons. The van der Waals surface area contributed by atoms with Gasteiger partial charge in [-0.2, -0.15) is 14.9 Å². The van der Waals surface area contributed by atoms with Crippen LogP contribution in [0.1, 0.15) is 17.4 Å². The van der Waals surface area contributed by atoms with Gasteiger partial charge in [-0.3, -0.25) is 4.79 Å². The molecule has 0 bridgehead atoms. The SMILES string of the molecule is Cc1nc2ccccc2c(=O)n1N1N=NCC1c1c(Cl)cccc1Cl. The summed E-state index contributed by atoms with van der Waals surface area (Å²) in [4.78, 5) is 17.5. The molecule has 2 aromatic carbocycles. The summed E-state index contributed by atoms with van der Waals surface area (Å²) in [5.41, 5.74) is 1.12. The van der Waals surface area contributed by atoms with Crippen molar-refractivity contribution >= 4 is 34.1 Å². The topological polar surface area (TPSA) is 62.9 Å². The van der Waals surface area contributed by atoms with Crippen molar-refractivity contribution in [2.45, 2.75) is 13.0 Å². The lowest BCUT2D eigenvalue weighted by Gasteiger charge is -2.26. The van der Waals surface area contributed by atoms with E-state index in [0.29, 0.717) is 38.9 Å². The Labute approximate surface area is 153 Å². The first-order chi connectivity index (χ1) is 12.1. The minimum absolute atomic E-state index is 0.211. The summed E-state index contributed by atoms with van der Waals surface area (Å²) in [6, 6.07) is 12.1. The van der Waals surface area contributed by atoms with Gasteiger partial charge < -0.3 is 0 Å². The van der Waals surface area contributed by atoms with E-state index in [1.54, 1.807) is 37.3 Å². The molecular weight excluding hydrogens is 361 g/mol. The maximum absolute atomic E-state index is 13.0. The maximum atomic E-state index is 13.0. The van der Waals surface area contributed by atoms with Gasteiger partial charge in [-0.15, -0.1) is 0 Å². The van der Waals surface area contributed by atoms with Gasteiger partial charge in [0.05, 0.1) is 17.4 Å². The van der Waals surface area contributed by atoms with E-state index < -0.39 is 0 Å². The second kappa shape index (κ2) is 6.13. The van der Waals surface area contributed by atoms with Crippen LogP contribution in [0.15, 0.2) is 57.6 Å². The van der Waals surface area contributed by atoms with Gasteiger partial charge in [0.15, 0.2) is 0 Å². The van der Waals surface area contributed by atoms with Crippen molar-refractivity contribution in [2.75, 3.05) is 11.7 Å². The van der Waals surface area contributed by atoms with E-state index >= 15 is 0 Å². The molecule has 1 aliphatic rings. The highest BCUT2D eigenvalue weighted by Gasteiger charge is 2.31. The van der Waals surface area contributed by atoms with E-state index in [-0.39, 0.29) is 11.6 Å². The Morgan fingerprint density at radius 3 is 2.56 bits per heavy atom. The van der Waals surface area contributed by atoms with Crippen LogP contribution >= 0.6 is 23.2 Å². The van der Waals surface area contributed by atoms with Gasteiger partial charge in [0, 0.05) is 15.6 Å². The molecule has 0 N–H and O–H groups in total. The van der Waals surface area contributed by atoms with Crippen LogP contribution in [0.3, 0.4) is 0 Å². The Hall–Kier alpha value is -2.44. The van der Waals surface area contributed by atoms with Crippen molar-refractivity contribution in [3.8, 4) is 0 Å². The molecule has 1 atom stereocenters. The van der Waals surface area contributed by atoms with E-state index in [2.05, 4.69) is 15.3 Å². The summed E-state index contributed by atoms with van der Waals surface area (Å²) in [5.74, 6) is 0.512. The molecule has 1 aliphatic heterocycles. The van der Waals surface area contributed by atoms with E-state index in [1.807, 2.05) is 12.1 Å². The zero-order chi connectivity index (χ0) is 17.6. The summed E-state index contributed by atoms with van der Waals surface area (Å²) in [7, 11) is 0. The first-order valence-corrected chi connectivity index (χ1v) is 8.43. The Kier molecular flexibility index (Phi) is 3.94. The van der Waals surface area contributed by atoms with E-state index in [1.165, 1.54) is 9.79 Å². The number of halogens is 2. The summed E-state index contributed by atoms with van der Waals surface area (Å²) >= 11 is 12.7. The largest absolute Gasteiger partial charge is 0.281 e. The lowest BCUT2D eigenvalue weighted by atomic mass is 10.1. The molecule has 3 aromatic rings. The number of para-hydroxylation sites is 1. The van der Waals surface area contributed by atoms with Gasteiger partial charge in [-0.25, -0.2) is 4.98 Å². The highest BCUT2D eigenvalue weighted by atomic mass is 35.5. The zero-order valence-electron chi connectivity index (χ0n) is 13.2. The minimum Gasteiger partial charge on any atom is -0.267 e. The van der Waals surface area contributed by atoms with Crippen molar-refractivity contribution in [3.63, 3.8) is 0 Å². The molecule has 1 unspecified atom stereocenters. The molecule has 1 aromatic heterocycles. The van der Waals surface area contributed by atoms with E-state index in [4.69, 9.17) is 23.2 Å². The molecule has 0 aliphatic carbocycles. The van der Waals surface area contributed by atoms with Crippen LogP contribution in [0.25, 0.3) is 10.9 Å². The van der Waals surface area contributed by atoms with Gasteiger partial charge in [0.1, 0.15) is 11.9 Å². The van der Waals surface area contributed by atoms with Crippen LogP contribution < -0.4 is 10.7 Å². The molecule has 25 heavy (non-hydrogen) atoms. The molecule has 4 rings (SSSR count). The van der Waals surface area contributed by atoms with Gasteiger partial charge in [0.25, 0.3) is 5.56 Å². The predicted octanol–water partition coefficient (Wildman–Crippen LogP) is 4.07. The van der Waals surface area contributed by atoms with Gasteiger partial charge in [-0.05, 0) is 31.2 Å². The van der Waals surface area contributed by atoms with Crippen LogP contribution in [-0.4, -0.2) is 16.2 Å². The Balaban J connectivity index is 1.91. The second-order valence-corrected chi connectivity index (χ2v) is 6.49. The summed E-state index contributed by atoms with van der Waals surface area (Å²) in [6.45, 7) is 2.11. The third-order valence-electron chi connectivity index (χ3n) is 4.14. The first-order valence-electron chi connectivity index (χ1n) is 7.67. The van der Waals surface area contributed by atoms with Crippen LogP contribution in [0.5, 0.6) is 0 Å². The highest BCUT2D eigenvalue weighted by molar-refractivity contribution is 6.36. The molecule has 0 saturated heterocycles. The van der Waals surface area contributed by atoms with Crippen LogP contribution in [0.2, 0.25) is 10.0 Å². The lowest BCUT2D eigenvalue weighted by Crippen LogP contribution is -2.41. The molecule has 126 valence electrons. The number of fused-ring (bicyclic) bond motifs is 1. The van der Waals surface area contributed by atoms with Crippen molar-refractivity contribution in [1.29, 1.82) is 0 Å². The summed E-state index contributed by atoms with van der Waals surface area (Å²) in [6.07, 6.45) is 0. The fraction of sp³-hybridized carbons (Fsp3) is 0.176. The number of nitrogens with zero attached hydrogens (tertiary/aromatic N) is 5. The number of hydrogen-bond acceptors (Lipinski definition) is 5. The third kappa shape index (κ3) is 2.58. The van der Waals surface area contributed by atoms with Crippen molar-refractivity contribution < 1.29 is 0 Å². The smallest absolute Gasteiger partial charge is 0.267 e. The number of aryl methyl sites for hydroxylation is 1. The van der Waals surface area contributed by atoms with Crippen LogP contribution in [0.4, 0.5) is 0 Å². The fourth-order valence-electron chi connectivity index (χ4n) is 3.01. The first kappa shape index (κ1) is 16.1. The van der Waals surface area contributed by atoms with Gasteiger partial charge in [0.2, 0.25) is 0 Å². The van der Waals surface area contributed by atoms with Crippen molar-refractivity contribution in [3.05, 3.63) is 74.3 Å². The second-order valence-electron chi connectivity index (χ2n) is 5.68. The summed E-state index contributed by atoms with van der Waals surface area (Å²) < 4.78 is 1.42. The number of rotatable bonds is 2. The molecule has 6 nitrogen and oxygen atoms in total. The number of aromatic nitrogens is 2. The molecule has 0 spiro atoms. The quantitative estimate of drug-likeness (QED) is 0.679. The van der Waals surface area contributed by atoms with Crippen molar-refractivity contribution in [1.82, 2.24) is 9.66 Å². The standard InChI is InChI=1S/C17H13Cl2N5O/c1-10-21-14-8-3-2-5-11(14)17(25)23(10)24-15(9-20-22-24)16-12(18)6-4-7-13(16)19/h2-8,15H,9H2,1H3. The molecule has 0 fully saturated rings. The van der Waals surface area contributed by atoms with Gasteiger partial charge in [-0.1, -0.05) is 46.6 Å². The Morgan fingerprint density at radius 1 is 1.08 bits per heavy atom. The van der Waals surface area contributed by atoms with E-state index in [0.717, 1.165) is 0 Å². The molecule has 0 saturated carbocycles. The van der Waals surface area contributed by atoms with Crippen molar-refractivity contribution in [2.24, 2.45) is 10.3 Å². The number of benzene rings is 2. The van der Waals surface area contributed by atoms with Gasteiger partial charge >= 0.3 is 0 Å². The zero-order valence-corrected chi connectivity index (χ0v) is 14.7. The fourth-order valence-corrected chi connectivity index (χ4v) is 3.65. The average Bonchev–Trinajstić information content (AvgIpc) is 3.04. The third-order valence-corrected chi connectivity index (χ3v) is 4.80. The number of hydrogen-bond donors (Lipinski definition) is 0. The molecule has 8 heteroatoms. The lowest BCUT2D eigenvalue weighted by molar-refractivity contribution is 0.519. The molecular formula is C17H13Cl2N5O. The Morgan fingerprint density at radius 2 is 1.80 bits per heavy atom. The predicted molar refractivity (Wildman–Crippen MR) is 97.9 cm³/mol. The normalized spacial score (nSPS) is 16.8. The van der Waals surface area contributed by atoms with Crippen LogP contribution in [0, 0.1) is 6.92 Å². The average molecular weight is 374 g/mol. The molecule has 2 heterocycles. The van der Waals surface area contributed by atoms with E-state index in [9.17, 15) is 4.79 Å². The summed E-state index contributed by atoms with van der Waals surface area (Å²) in [5, 5.41) is 11.3. The van der Waals surface area contributed by atoms with Crippen LogP contribution in [-0.2, 0) is 0 Å². The highest BCUT2D eigenvalue weighted by Crippen LogP contribution is 2.35. The molecule has 0 amide bonds. The minimum atomic E-state index is -0.374. The monoisotopic (exact) mass is 373 g/mol. The Bertz CT molecular complexity index is 1040. The maximum Gasteiger partial charge on any atom is 0.281 e.